The molecule has 0 atom stereocenters. The molecule has 2 heterocycles. The summed E-state index contributed by atoms with van der Waals surface area (Å²) in [5.74, 6) is 1.39. The van der Waals surface area contributed by atoms with Crippen LogP contribution in [0.4, 0.5) is 5.13 Å². The molecule has 4 rings (SSSR count). The van der Waals surface area contributed by atoms with Crippen LogP contribution in [0.5, 0.6) is 5.75 Å². The Morgan fingerprint density at radius 2 is 1.93 bits per heavy atom. The lowest BCUT2D eigenvalue weighted by molar-refractivity contribution is -0.118. The van der Waals surface area contributed by atoms with Crippen LogP contribution in [0, 0.1) is 13.8 Å². The highest BCUT2D eigenvalue weighted by Crippen LogP contribution is 2.37. The van der Waals surface area contributed by atoms with Crippen LogP contribution in [0.1, 0.15) is 22.5 Å². The molecule has 6 heteroatoms. The van der Waals surface area contributed by atoms with Gasteiger partial charge in [0.2, 0.25) is 5.91 Å². The molecule has 0 saturated heterocycles. The molecule has 0 N–H and O–H groups in total. The van der Waals surface area contributed by atoms with Crippen molar-refractivity contribution in [2.24, 2.45) is 0 Å². The van der Waals surface area contributed by atoms with E-state index in [2.05, 4.69) is 0 Å². The first-order valence-corrected chi connectivity index (χ1v) is 10.2. The van der Waals surface area contributed by atoms with Gasteiger partial charge < -0.3 is 9.15 Å². The lowest BCUT2D eigenvalue weighted by Crippen LogP contribution is -2.31. The number of aromatic nitrogens is 1. The topological polar surface area (TPSA) is 55.6 Å². The van der Waals surface area contributed by atoms with E-state index in [1.807, 2.05) is 62.4 Å². The summed E-state index contributed by atoms with van der Waals surface area (Å²) in [5.41, 5.74) is 4.02. The summed E-state index contributed by atoms with van der Waals surface area (Å²) in [6, 6.07) is 15.6. The molecule has 0 aliphatic carbocycles. The third kappa shape index (κ3) is 4.03. The van der Waals surface area contributed by atoms with Crippen LogP contribution < -0.4 is 9.64 Å². The summed E-state index contributed by atoms with van der Waals surface area (Å²) in [7, 11) is 1.63. The van der Waals surface area contributed by atoms with Crippen LogP contribution in [0.2, 0.25) is 0 Å². The van der Waals surface area contributed by atoms with Gasteiger partial charge in [0.25, 0.3) is 0 Å². The third-order valence-corrected chi connectivity index (χ3v) is 6.03. The highest BCUT2D eigenvalue weighted by Gasteiger charge is 2.23. The number of hydrogen-bond acceptors (Lipinski definition) is 5. The Hall–Kier alpha value is -3.12. The van der Waals surface area contributed by atoms with Gasteiger partial charge in [-0.15, -0.1) is 0 Å². The fraction of sp³-hybridized carbons (Fsp3) is 0.217. The van der Waals surface area contributed by atoms with Crippen molar-refractivity contribution in [2.75, 3.05) is 12.0 Å². The number of fused-ring (bicyclic) bond motifs is 1. The minimum atomic E-state index is -0.0269. The Kier molecular flexibility index (Phi) is 5.36. The second-order valence-electron chi connectivity index (χ2n) is 6.98. The maximum absolute atomic E-state index is 13.3. The number of furan rings is 1. The molecule has 0 bridgehead atoms. The van der Waals surface area contributed by atoms with Crippen molar-refractivity contribution in [1.82, 2.24) is 4.98 Å². The van der Waals surface area contributed by atoms with Gasteiger partial charge in [-0.2, -0.15) is 0 Å². The van der Waals surface area contributed by atoms with Crippen molar-refractivity contribution >= 4 is 32.6 Å². The molecule has 0 spiro atoms. The normalized spacial score (nSPS) is 11.0. The molecule has 2 aromatic heterocycles. The number of anilines is 1. The van der Waals surface area contributed by atoms with E-state index in [4.69, 9.17) is 14.1 Å². The zero-order chi connectivity index (χ0) is 20.4. The van der Waals surface area contributed by atoms with Gasteiger partial charge in [0, 0.05) is 0 Å². The Morgan fingerprint density at radius 3 is 2.62 bits per heavy atom. The quantitative estimate of drug-likeness (QED) is 0.436. The van der Waals surface area contributed by atoms with Gasteiger partial charge in [-0.05, 0) is 43.2 Å². The third-order valence-electron chi connectivity index (χ3n) is 4.81. The summed E-state index contributed by atoms with van der Waals surface area (Å²) >= 11 is 1.50. The minimum absolute atomic E-state index is 0.0269. The summed E-state index contributed by atoms with van der Waals surface area (Å²) in [6.07, 6.45) is 1.91. The van der Waals surface area contributed by atoms with Crippen LogP contribution >= 0.6 is 11.3 Å². The van der Waals surface area contributed by atoms with Crippen LogP contribution in [-0.2, 0) is 17.8 Å². The number of amides is 1. The Morgan fingerprint density at radius 1 is 1.14 bits per heavy atom. The van der Waals surface area contributed by atoms with E-state index < -0.39 is 0 Å². The van der Waals surface area contributed by atoms with Gasteiger partial charge in [-0.25, -0.2) is 4.98 Å². The van der Waals surface area contributed by atoms with Gasteiger partial charge in [0.15, 0.2) is 5.13 Å². The van der Waals surface area contributed by atoms with Crippen LogP contribution in [0.3, 0.4) is 0 Å². The summed E-state index contributed by atoms with van der Waals surface area (Å²) in [4.78, 5) is 19.7. The highest BCUT2D eigenvalue weighted by molar-refractivity contribution is 7.22. The van der Waals surface area contributed by atoms with E-state index in [1.165, 1.54) is 16.9 Å². The van der Waals surface area contributed by atoms with Gasteiger partial charge in [-0.1, -0.05) is 47.2 Å². The lowest BCUT2D eigenvalue weighted by atomic mass is 10.1. The number of methoxy groups -OCH3 is 1. The molecule has 0 unspecified atom stereocenters. The Labute approximate surface area is 173 Å². The number of hydrogen-bond donors (Lipinski definition) is 0. The predicted octanol–water partition coefficient (Wildman–Crippen LogP) is 5.29. The van der Waals surface area contributed by atoms with E-state index in [0.29, 0.717) is 29.6 Å². The fourth-order valence-electron chi connectivity index (χ4n) is 3.18. The maximum Gasteiger partial charge on any atom is 0.233 e. The Bertz CT molecular complexity index is 1130. The first kappa shape index (κ1) is 19.2. The minimum Gasteiger partial charge on any atom is -0.494 e. The van der Waals surface area contributed by atoms with E-state index >= 15 is 0 Å². The number of thiazole rings is 1. The molecule has 5 nitrogen and oxygen atoms in total. The smallest absolute Gasteiger partial charge is 0.233 e. The number of carbonyl (C=O) groups is 1. The average Bonchev–Trinajstić information content (AvgIpc) is 3.38. The summed E-state index contributed by atoms with van der Waals surface area (Å²) in [6.45, 7) is 4.40. The number of aryl methyl sites for hydroxylation is 2. The molecule has 0 aliphatic rings. The standard InChI is InChI=1S/C23H22N2O3S/c1-15-6-9-17(10-7-15)13-20(26)25(14-18-5-4-12-28-18)23-24-21-19(27-3)11-8-16(2)22(21)29-23/h4-12H,13-14H2,1-3H3. The highest BCUT2D eigenvalue weighted by atomic mass is 32.1. The van der Waals surface area contributed by atoms with Gasteiger partial charge in [0.1, 0.15) is 17.0 Å². The lowest BCUT2D eigenvalue weighted by Gasteiger charge is -2.19. The number of ether oxygens (including phenoxy) is 1. The molecule has 29 heavy (non-hydrogen) atoms. The number of benzene rings is 2. The molecule has 148 valence electrons. The first-order valence-electron chi connectivity index (χ1n) is 9.37. The molecule has 2 aromatic carbocycles. The van der Waals surface area contributed by atoms with Crippen molar-refractivity contribution in [3.63, 3.8) is 0 Å². The number of rotatable bonds is 6. The second-order valence-corrected chi connectivity index (χ2v) is 7.96. The van der Waals surface area contributed by atoms with Crippen LogP contribution in [0.15, 0.2) is 59.2 Å². The van der Waals surface area contributed by atoms with Crippen molar-refractivity contribution in [3.8, 4) is 5.75 Å². The van der Waals surface area contributed by atoms with Gasteiger partial charge >= 0.3 is 0 Å². The fourth-order valence-corrected chi connectivity index (χ4v) is 4.24. The van der Waals surface area contributed by atoms with Gasteiger partial charge in [0.05, 0.1) is 31.0 Å². The monoisotopic (exact) mass is 406 g/mol. The first-order chi connectivity index (χ1) is 14.0. The van der Waals surface area contributed by atoms with Crippen LogP contribution in [0.25, 0.3) is 10.2 Å². The van der Waals surface area contributed by atoms with Crippen LogP contribution in [-0.4, -0.2) is 18.0 Å². The van der Waals surface area contributed by atoms with E-state index in [-0.39, 0.29) is 5.91 Å². The SMILES string of the molecule is COc1ccc(C)c2sc(N(Cc3ccco3)C(=O)Cc3ccc(C)cc3)nc12. The van der Waals surface area contributed by atoms with E-state index in [0.717, 1.165) is 21.3 Å². The molecule has 1 amide bonds. The zero-order valence-corrected chi connectivity index (χ0v) is 17.5. The maximum atomic E-state index is 13.3. The Balaban J connectivity index is 1.72. The van der Waals surface area contributed by atoms with E-state index in [1.54, 1.807) is 18.3 Å². The zero-order valence-electron chi connectivity index (χ0n) is 16.6. The summed E-state index contributed by atoms with van der Waals surface area (Å²) < 4.78 is 12.0. The van der Waals surface area contributed by atoms with Crippen molar-refractivity contribution < 1.29 is 13.9 Å². The molecule has 0 saturated carbocycles. The molecular weight excluding hydrogens is 384 g/mol. The molecule has 0 aliphatic heterocycles. The molecule has 0 fully saturated rings. The largest absolute Gasteiger partial charge is 0.494 e. The molecular formula is C23H22N2O3S. The molecule has 0 radical (unpaired) electrons. The van der Waals surface area contributed by atoms with Crippen molar-refractivity contribution in [2.45, 2.75) is 26.8 Å². The number of nitrogens with zero attached hydrogens (tertiary/aromatic N) is 2. The second kappa shape index (κ2) is 8.09. The van der Waals surface area contributed by atoms with Crippen molar-refractivity contribution in [1.29, 1.82) is 0 Å². The predicted molar refractivity (Wildman–Crippen MR) is 116 cm³/mol. The van der Waals surface area contributed by atoms with E-state index in [9.17, 15) is 4.79 Å². The summed E-state index contributed by atoms with van der Waals surface area (Å²) in [5, 5.41) is 0.640. The average molecular weight is 407 g/mol. The number of carbonyl (C=O) groups excluding carboxylic acids is 1. The molecule has 4 aromatic rings. The van der Waals surface area contributed by atoms with Gasteiger partial charge in [-0.3, -0.25) is 9.69 Å². The van der Waals surface area contributed by atoms with Crippen molar-refractivity contribution in [3.05, 3.63) is 77.2 Å².